The van der Waals surface area contributed by atoms with Crippen LogP contribution in [0, 0.1) is 11.6 Å². The molecule has 11 heteroatoms. The van der Waals surface area contributed by atoms with E-state index < -0.39 is 40.7 Å². The van der Waals surface area contributed by atoms with Crippen molar-refractivity contribution >= 4 is 33.5 Å². The normalized spacial score (nSPS) is 17.1. The third kappa shape index (κ3) is 3.13. The van der Waals surface area contributed by atoms with Gasteiger partial charge >= 0.3 is 5.97 Å². The SMILES string of the molecule is O=C(O)C1C(c2ccc[nH]c2=O)c2c(cc(F)c3ccoc23)N1Cc1cc2c(=O)[nH]cnc2cc1F. The maximum atomic E-state index is 15.1. The van der Waals surface area contributed by atoms with E-state index in [9.17, 15) is 19.5 Å². The number of furan rings is 1. The predicted octanol–water partition coefficient (Wildman–Crippen LogP) is 3.24. The van der Waals surface area contributed by atoms with Crippen LogP contribution in [0.4, 0.5) is 14.5 Å². The van der Waals surface area contributed by atoms with Crippen LogP contribution in [0.2, 0.25) is 0 Å². The Hall–Kier alpha value is -4.80. The maximum Gasteiger partial charge on any atom is 0.327 e. The molecule has 0 saturated carbocycles. The lowest BCUT2D eigenvalue weighted by Gasteiger charge is -2.27. The second kappa shape index (κ2) is 7.87. The van der Waals surface area contributed by atoms with Gasteiger partial charge in [-0.25, -0.2) is 18.6 Å². The number of aromatic amines is 2. The number of carboxylic acid groups (broad SMARTS) is 1. The summed E-state index contributed by atoms with van der Waals surface area (Å²) in [6, 6.07) is 6.60. The van der Waals surface area contributed by atoms with Crippen molar-refractivity contribution in [2.45, 2.75) is 18.5 Å². The number of nitrogens with zero attached hydrogens (tertiary/aromatic N) is 2. The minimum atomic E-state index is -1.40. The van der Waals surface area contributed by atoms with Gasteiger partial charge in [0.1, 0.15) is 23.3 Å². The van der Waals surface area contributed by atoms with E-state index >= 15 is 8.78 Å². The number of carbonyl (C=O) groups is 1. The number of H-pyrrole nitrogens is 2. The standard InChI is InChI=1S/C25H16F2N4O5/c26-15-7-17-14(24(33)30-10-29-17)6-11(15)9-31-18-8-16(27)12-3-5-36-22(12)20(18)19(21(31)25(34)35)13-2-1-4-28-23(13)32/h1-8,10,19,21H,9H2,(H,28,32)(H,34,35)(H,29,30,33). The molecule has 9 nitrogen and oxygen atoms in total. The van der Waals surface area contributed by atoms with Crippen LogP contribution >= 0.6 is 0 Å². The zero-order valence-corrected chi connectivity index (χ0v) is 18.3. The molecule has 2 unspecified atom stereocenters. The van der Waals surface area contributed by atoms with Crippen LogP contribution in [0.5, 0.6) is 0 Å². The molecule has 2 atom stereocenters. The lowest BCUT2D eigenvalue weighted by Crippen LogP contribution is -2.42. The monoisotopic (exact) mass is 490 g/mol. The van der Waals surface area contributed by atoms with Crippen LogP contribution < -0.4 is 16.0 Å². The topological polar surface area (TPSA) is 132 Å². The van der Waals surface area contributed by atoms with Gasteiger partial charge in [0, 0.05) is 41.2 Å². The van der Waals surface area contributed by atoms with E-state index in [4.69, 9.17) is 4.42 Å². The molecule has 0 spiro atoms. The molecule has 0 aliphatic carbocycles. The fourth-order valence-electron chi connectivity index (χ4n) is 5.03. The lowest BCUT2D eigenvalue weighted by molar-refractivity contribution is -0.138. The average molecular weight is 490 g/mol. The van der Waals surface area contributed by atoms with Crippen LogP contribution in [0.25, 0.3) is 21.9 Å². The number of hydrogen-bond donors (Lipinski definition) is 3. The third-order valence-corrected chi connectivity index (χ3v) is 6.56. The number of pyridine rings is 1. The fraction of sp³-hybridized carbons (Fsp3) is 0.120. The number of fused-ring (bicyclic) bond motifs is 4. The molecule has 36 heavy (non-hydrogen) atoms. The Balaban J connectivity index is 1.61. The number of halogens is 2. The zero-order chi connectivity index (χ0) is 25.1. The van der Waals surface area contributed by atoms with E-state index in [0.717, 1.165) is 18.5 Å². The smallest absolute Gasteiger partial charge is 0.327 e. The molecule has 0 saturated heterocycles. The minimum Gasteiger partial charge on any atom is -0.480 e. The average Bonchev–Trinajstić information content (AvgIpc) is 3.44. The van der Waals surface area contributed by atoms with E-state index in [-0.39, 0.29) is 45.2 Å². The highest BCUT2D eigenvalue weighted by Crippen LogP contribution is 2.49. The van der Waals surface area contributed by atoms with Gasteiger partial charge in [-0.1, -0.05) is 6.07 Å². The first-order chi connectivity index (χ1) is 17.3. The Morgan fingerprint density at radius 2 is 1.92 bits per heavy atom. The van der Waals surface area contributed by atoms with Crippen LogP contribution in [0.3, 0.4) is 0 Å². The Bertz CT molecular complexity index is 1810. The largest absolute Gasteiger partial charge is 0.480 e. The number of carboxylic acids is 1. The van der Waals surface area contributed by atoms with E-state index in [0.29, 0.717) is 5.56 Å². The van der Waals surface area contributed by atoms with Crippen LogP contribution in [0.15, 0.2) is 69.2 Å². The maximum absolute atomic E-state index is 15.1. The minimum absolute atomic E-state index is 0.000714. The van der Waals surface area contributed by atoms with Crippen molar-refractivity contribution in [3.05, 3.63) is 104 Å². The second-order valence-electron chi connectivity index (χ2n) is 8.49. The van der Waals surface area contributed by atoms with Gasteiger partial charge in [-0.15, -0.1) is 0 Å². The molecule has 4 heterocycles. The molecule has 0 bridgehead atoms. The molecule has 3 N–H and O–H groups in total. The van der Waals surface area contributed by atoms with E-state index in [1.807, 2.05) is 0 Å². The van der Waals surface area contributed by atoms with Crippen molar-refractivity contribution in [2.24, 2.45) is 0 Å². The fourth-order valence-corrected chi connectivity index (χ4v) is 5.03. The summed E-state index contributed by atoms with van der Waals surface area (Å²) in [6.45, 7) is -0.326. The van der Waals surface area contributed by atoms with Crippen molar-refractivity contribution in [3.63, 3.8) is 0 Å². The van der Waals surface area contributed by atoms with Crippen molar-refractivity contribution in [2.75, 3.05) is 4.90 Å². The third-order valence-electron chi connectivity index (χ3n) is 6.56. The Morgan fingerprint density at radius 3 is 2.69 bits per heavy atom. The van der Waals surface area contributed by atoms with Gasteiger partial charge in [0.05, 0.1) is 34.8 Å². The van der Waals surface area contributed by atoms with Crippen LogP contribution in [0.1, 0.15) is 22.6 Å². The van der Waals surface area contributed by atoms with Gasteiger partial charge in [0.2, 0.25) is 0 Å². The summed E-state index contributed by atoms with van der Waals surface area (Å²) in [4.78, 5) is 47.9. The summed E-state index contributed by atoms with van der Waals surface area (Å²) >= 11 is 0. The molecule has 180 valence electrons. The van der Waals surface area contributed by atoms with Crippen LogP contribution in [-0.2, 0) is 11.3 Å². The molecule has 0 fully saturated rings. The van der Waals surface area contributed by atoms with Gasteiger partial charge in [0.25, 0.3) is 11.1 Å². The molecule has 5 aromatic rings. The summed E-state index contributed by atoms with van der Waals surface area (Å²) in [5, 5.41) is 10.5. The Morgan fingerprint density at radius 1 is 1.08 bits per heavy atom. The molecule has 2 aromatic carbocycles. The predicted molar refractivity (Wildman–Crippen MR) is 125 cm³/mol. The molecule has 1 aliphatic heterocycles. The second-order valence-corrected chi connectivity index (χ2v) is 8.49. The Kier molecular flexibility index (Phi) is 4.75. The van der Waals surface area contributed by atoms with E-state index in [2.05, 4.69) is 15.0 Å². The summed E-state index contributed by atoms with van der Waals surface area (Å²) in [5.74, 6) is -3.73. The van der Waals surface area contributed by atoms with Crippen molar-refractivity contribution in [1.82, 2.24) is 15.0 Å². The van der Waals surface area contributed by atoms with Crippen molar-refractivity contribution in [1.29, 1.82) is 0 Å². The molecule has 1 aliphatic rings. The van der Waals surface area contributed by atoms with Crippen LogP contribution in [-0.4, -0.2) is 32.1 Å². The van der Waals surface area contributed by atoms with Gasteiger partial charge < -0.3 is 24.4 Å². The molecule has 0 radical (unpaired) electrons. The van der Waals surface area contributed by atoms with Gasteiger partial charge in [-0.2, -0.15) is 0 Å². The summed E-state index contributed by atoms with van der Waals surface area (Å²) in [5.41, 5.74) is -0.176. The highest BCUT2D eigenvalue weighted by Gasteiger charge is 2.47. The highest BCUT2D eigenvalue weighted by molar-refractivity contribution is 5.94. The number of hydrogen-bond acceptors (Lipinski definition) is 6. The van der Waals surface area contributed by atoms with Gasteiger partial charge in [-0.3, -0.25) is 9.59 Å². The van der Waals surface area contributed by atoms with Crippen molar-refractivity contribution < 1.29 is 23.1 Å². The van der Waals surface area contributed by atoms with E-state index in [1.54, 1.807) is 6.07 Å². The molecular formula is C25H16F2N4O5. The Labute approximate surface area is 199 Å². The quantitative estimate of drug-likeness (QED) is 0.352. The molecular weight excluding hydrogens is 474 g/mol. The number of nitrogens with one attached hydrogen (secondary N) is 2. The van der Waals surface area contributed by atoms with E-state index in [1.165, 1.54) is 35.6 Å². The zero-order valence-electron chi connectivity index (χ0n) is 18.3. The number of aliphatic carboxylic acids is 1. The van der Waals surface area contributed by atoms with Gasteiger partial charge in [0.15, 0.2) is 0 Å². The molecule has 3 aromatic heterocycles. The summed E-state index contributed by atoms with van der Waals surface area (Å²) in [6.07, 6.45) is 3.85. The molecule has 6 rings (SSSR count). The first-order valence-electron chi connectivity index (χ1n) is 10.9. The summed E-state index contributed by atoms with van der Waals surface area (Å²) < 4.78 is 35.7. The number of anilines is 1. The van der Waals surface area contributed by atoms with Gasteiger partial charge in [-0.05, 0) is 24.3 Å². The highest BCUT2D eigenvalue weighted by atomic mass is 19.1. The summed E-state index contributed by atoms with van der Waals surface area (Å²) in [7, 11) is 0. The van der Waals surface area contributed by atoms with Crippen molar-refractivity contribution in [3.8, 4) is 0 Å². The molecule has 0 amide bonds. The number of benzene rings is 2. The lowest BCUT2D eigenvalue weighted by atomic mass is 9.87. The number of aromatic nitrogens is 3. The number of rotatable bonds is 4. The first kappa shape index (κ1) is 21.7. The first-order valence-corrected chi connectivity index (χ1v) is 10.9.